The van der Waals surface area contributed by atoms with Crippen LogP contribution in [0.1, 0.15) is 18.1 Å². The molecule has 2 atom stereocenters. The number of anilines is 1. The van der Waals surface area contributed by atoms with Crippen LogP contribution in [-0.2, 0) is 6.54 Å². The molecule has 24 heavy (non-hydrogen) atoms. The number of urea groups is 1. The molecule has 0 aromatic carbocycles. The highest BCUT2D eigenvalue weighted by Crippen LogP contribution is 2.26. The van der Waals surface area contributed by atoms with Gasteiger partial charge in [0.1, 0.15) is 11.9 Å². The highest BCUT2D eigenvalue weighted by molar-refractivity contribution is 5.73. The third kappa shape index (κ3) is 3.66. The zero-order valence-corrected chi connectivity index (χ0v) is 13.6. The fourth-order valence-electron chi connectivity index (χ4n) is 2.78. The lowest BCUT2D eigenvalue weighted by atomic mass is 10.2. The number of furan rings is 1. The van der Waals surface area contributed by atoms with E-state index in [1.165, 1.54) is 4.90 Å². The van der Waals surface area contributed by atoms with Crippen molar-refractivity contribution in [3.8, 4) is 0 Å². The van der Waals surface area contributed by atoms with Crippen LogP contribution in [-0.4, -0.2) is 53.5 Å². The van der Waals surface area contributed by atoms with Crippen molar-refractivity contribution in [1.82, 2.24) is 20.4 Å². The second-order valence-electron chi connectivity index (χ2n) is 5.86. The summed E-state index contributed by atoms with van der Waals surface area (Å²) < 4.78 is 24.4. The fraction of sp³-hybridized carbons (Fsp3) is 0.533. The van der Waals surface area contributed by atoms with E-state index in [-0.39, 0.29) is 18.6 Å². The van der Waals surface area contributed by atoms with Crippen molar-refractivity contribution in [2.45, 2.75) is 32.1 Å². The van der Waals surface area contributed by atoms with Crippen molar-refractivity contribution in [3.63, 3.8) is 0 Å². The Morgan fingerprint density at radius 2 is 2.38 bits per heavy atom. The van der Waals surface area contributed by atoms with Crippen molar-refractivity contribution in [3.05, 3.63) is 30.0 Å². The molecule has 1 fully saturated rings. The SMILES string of the molecule is Cc1nnc(N2C[C@@H](F)C[C@H]2CN(C)C(=O)NCc2ccco2)o1. The number of alkyl halides is 1. The van der Waals surface area contributed by atoms with E-state index in [2.05, 4.69) is 15.5 Å². The largest absolute Gasteiger partial charge is 0.467 e. The lowest BCUT2D eigenvalue weighted by molar-refractivity contribution is 0.203. The topological polar surface area (TPSA) is 87.6 Å². The zero-order valence-electron chi connectivity index (χ0n) is 13.6. The Hall–Kier alpha value is -2.58. The minimum atomic E-state index is -0.984. The minimum absolute atomic E-state index is 0.189. The van der Waals surface area contributed by atoms with E-state index in [0.717, 1.165) is 0 Å². The molecule has 9 heteroatoms. The molecule has 1 aliphatic rings. The number of nitrogens with zero attached hydrogens (tertiary/aromatic N) is 4. The summed E-state index contributed by atoms with van der Waals surface area (Å²) >= 11 is 0. The molecule has 0 unspecified atom stereocenters. The second-order valence-corrected chi connectivity index (χ2v) is 5.86. The zero-order chi connectivity index (χ0) is 17.1. The lowest BCUT2D eigenvalue weighted by Crippen LogP contribution is -2.45. The Kier molecular flexibility index (Phi) is 4.68. The van der Waals surface area contributed by atoms with Crippen LogP contribution in [0.25, 0.3) is 0 Å². The van der Waals surface area contributed by atoms with E-state index in [1.807, 2.05) is 0 Å². The molecule has 2 aromatic rings. The van der Waals surface area contributed by atoms with Crippen molar-refractivity contribution < 1.29 is 18.0 Å². The van der Waals surface area contributed by atoms with Gasteiger partial charge in [0.2, 0.25) is 5.89 Å². The van der Waals surface area contributed by atoms with Crippen LogP contribution in [0.4, 0.5) is 15.2 Å². The summed E-state index contributed by atoms with van der Waals surface area (Å²) in [6.07, 6.45) is 0.883. The van der Waals surface area contributed by atoms with Crippen LogP contribution in [0.5, 0.6) is 0 Å². The Labute approximate surface area is 138 Å². The third-order valence-corrected chi connectivity index (χ3v) is 3.95. The van der Waals surface area contributed by atoms with Crippen LogP contribution in [0.3, 0.4) is 0 Å². The predicted molar refractivity (Wildman–Crippen MR) is 83.3 cm³/mol. The van der Waals surface area contributed by atoms with Gasteiger partial charge in [-0.1, -0.05) is 5.10 Å². The predicted octanol–water partition coefficient (Wildman–Crippen LogP) is 1.73. The van der Waals surface area contributed by atoms with Gasteiger partial charge in [0.05, 0.1) is 25.4 Å². The molecule has 8 nitrogen and oxygen atoms in total. The molecule has 0 spiro atoms. The number of likely N-dealkylation sites (N-methyl/N-ethyl adjacent to an activating group) is 1. The fourth-order valence-corrected chi connectivity index (χ4v) is 2.78. The van der Waals surface area contributed by atoms with Gasteiger partial charge in [0, 0.05) is 26.9 Å². The molecular weight excluding hydrogens is 317 g/mol. The van der Waals surface area contributed by atoms with Crippen LogP contribution in [0.15, 0.2) is 27.2 Å². The van der Waals surface area contributed by atoms with E-state index >= 15 is 0 Å². The first-order valence-corrected chi connectivity index (χ1v) is 7.75. The Morgan fingerprint density at radius 3 is 3.04 bits per heavy atom. The molecule has 0 aliphatic carbocycles. The van der Waals surface area contributed by atoms with E-state index in [1.54, 1.807) is 37.3 Å². The average molecular weight is 337 g/mol. The number of carbonyl (C=O) groups excluding carboxylic acids is 1. The molecule has 1 saturated heterocycles. The summed E-state index contributed by atoms with van der Waals surface area (Å²) in [5.74, 6) is 1.10. The normalized spacial score (nSPS) is 20.4. The maximum atomic E-state index is 13.8. The third-order valence-electron chi connectivity index (χ3n) is 3.95. The number of halogens is 1. The van der Waals surface area contributed by atoms with Gasteiger partial charge in [-0.15, -0.1) is 5.10 Å². The first-order valence-electron chi connectivity index (χ1n) is 7.75. The molecule has 2 amide bonds. The maximum absolute atomic E-state index is 13.8. The van der Waals surface area contributed by atoms with E-state index in [0.29, 0.717) is 37.2 Å². The summed E-state index contributed by atoms with van der Waals surface area (Å²) in [5, 5.41) is 10.5. The van der Waals surface area contributed by atoms with Crippen molar-refractivity contribution in [2.24, 2.45) is 0 Å². The number of nitrogens with one attached hydrogen (secondary N) is 1. The van der Waals surface area contributed by atoms with Gasteiger partial charge >= 0.3 is 12.0 Å². The summed E-state index contributed by atoms with van der Waals surface area (Å²) in [7, 11) is 1.67. The number of amides is 2. The second kappa shape index (κ2) is 6.90. The van der Waals surface area contributed by atoms with Crippen molar-refractivity contribution >= 4 is 12.0 Å². The monoisotopic (exact) mass is 337 g/mol. The lowest BCUT2D eigenvalue weighted by Gasteiger charge is -2.27. The van der Waals surface area contributed by atoms with Crippen molar-refractivity contribution in [2.75, 3.05) is 25.0 Å². The van der Waals surface area contributed by atoms with E-state index in [9.17, 15) is 9.18 Å². The molecular formula is C15H20FN5O3. The van der Waals surface area contributed by atoms with Gasteiger partial charge < -0.3 is 24.0 Å². The number of rotatable bonds is 5. The number of carbonyl (C=O) groups is 1. The van der Waals surface area contributed by atoms with E-state index in [4.69, 9.17) is 8.83 Å². The number of aromatic nitrogens is 2. The summed E-state index contributed by atoms with van der Waals surface area (Å²) in [6.45, 7) is 2.53. The van der Waals surface area contributed by atoms with Crippen molar-refractivity contribution in [1.29, 1.82) is 0 Å². The highest BCUT2D eigenvalue weighted by Gasteiger charge is 2.36. The number of aryl methyl sites for hydroxylation is 1. The van der Waals surface area contributed by atoms with E-state index < -0.39 is 6.17 Å². The number of hydrogen-bond donors (Lipinski definition) is 1. The first kappa shape index (κ1) is 16.3. The van der Waals surface area contributed by atoms with Gasteiger partial charge in [-0.2, -0.15) is 0 Å². The molecule has 130 valence electrons. The summed E-state index contributed by atoms with van der Waals surface area (Å²) in [4.78, 5) is 15.4. The van der Waals surface area contributed by atoms with Crippen LogP contribution < -0.4 is 10.2 Å². The van der Waals surface area contributed by atoms with Gasteiger partial charge in [0.25, 0.3) is 0 Å². The quantitative estimate of drug-likeness (QED) is 0.894. The molecule has 1 aliphatic heterocycles. The molecule has 1 N–H and O–H groups in total. The van der Waals surface area contributed by atoms with Gasteiger partial charge in [-0.25, -0.2) is 9.18 Å². The first-order chi connectivity index (χ1) is 11.5. The summed E-state index contributed by atoms with van der Waals surface area (Å²) in [6, 6.07) is 3.37. The van der Waals surface area contributed by atoms with Gasteiger partial charge in [-0.05, 0) is 12.1 Å². The van der Waals surface area contributed by atoms with Gasteiger partial charge in [0.15, 0.2) is 0 Å². The summed E-state index contributed by atoms with van der Waals surface area (Å²) in [5.41, 5.74) is 0. The highest BCUT2D eigenvalue weighted by atomic mass is 19.1. The Balaban J connectivity index is 1.57. The van der Waals surface area contributed by atoms with Crippen LogP contribution in [0.2, 0.25) is 0 Å². The number of hydrogen-bond acceptors (Lipinski definition) is 6. The van der Waals surface area contributed by atoms with Crippen LogP contribution in [0, 0.1) is 6.92 Å². The molecule has 2 aromatic heterocycles. The molecule has 0 saturated carbocycles. The Bertz CT molecular complexity index is 674. The van der Waals surface area contributed by atoms with Crippen LogP contribution >= 0.6 is 0 Å². The molecule has 3 rings (SSSR count). The molecule has 3 heterocycles. The molecule has 0 radical (unpaired) electrons. The standard InChI is InChI=1S/C15H20FN5O3/c1-10-18-19-15(24-10)21-8-11(16)6-12(21)9-20(2)14(22)17-7-13-4-3-5-23-13/h3-5,11-12H,6-9H2,1-2H3,(H,17,22)/t11-,12-/m0/s1. The molecule has 0 bridgehead atoms. The Morgan fingerprint density at radius 1 is 1.54 bits per heavy atom. The minimum Gasteiger partial charge on any atom is -0.467 e. The maximum Gasteiger partial charge on any atom is 0.318 e. The van der Waals surface area contributed by atoms with Gasteiger partial charge in [-0.3, -0.25) is 0 Å². The average Bonchev–Trinajstić information content (AvgIpc) is 3.26. The smallest absolute Gasteiger partial charge is 0.318 e.